The Hall–Kier alpha value is 0. The molecule has 1 aliphatic rings. The summed E-state index contributed by atoms with van der Waals surface area (Å²) in [6.45, 7) is 9.61. The molecular formula is C14H28. The van der Waals surface area contributed by atoms with Crippen LogP contribution >= 0.6 is 0 Å². The van der Waals surface area contributed by atoms with Crippen LogP contribution in [0.3, 0.4) is 0 Å². The molecule has 0 nitrogen and oxygen atoms in total. The molecule has 0 aromatic carbocycles. The van der Waals surface area contributed by atoms with E-state index in [4.69, 9.17) is 0 Å². The highest BCUT2D eigenvalue weighted by atomic mass is 14.5. The zero-order valence-electron chi connectivity index (χ0n) is 10.6. The molecule has 0 saturated heterocycles. The first-order valence-electron chi connectivity index (χ1n) is 6.64. The van der Waals surface area contributed by atoms with Crippen molar-refractivity contribution in [2.24, 2.45) is 17.3 Å². The number of hydrogen-bond acceptors (Lipinski definition) is 0. The second kappa shape index (κ2) is 5.19. The van der Waals surface area contributed by atoms with Gasteiger partial charge in [-0.2, -0.15) is 0 Å². The van der Waals surface area contributed by atoms with Crippen molar-refractivity contribution in [3.05, 3.63) is 0 Å². The Balaban J connectivity index is 2.32. The monoisotopic (exact) mass is 196 g/mol. The Morgan fingerprint density at radius 3 is 2.36 bits per heavy atom. The van der Waals surface area contributed by atoms with E-state index in [-0.39, 0.29) is 0 Å². The van der Waals surface area contributed by atoms with Crippen molar-refractivity contribution >= 4 is 0 Å². The quantitative estimate of drug-likeness (QED) is 0.523. The Bertz CT molecular complexity index is 157. The van der Waals surface area contributed by atoms with Gasteiger partial charge in [0, 0.05) is 0 Å². The number of rotatable bonds is 6. The highest BCUT2D eigenvalue weighted by Crippen LogP contribution is 2.55. The van der Waals surface area contributed by atoms with E-state index in [9.17, 15) is 0 Å². The van der Waals surface area contributed by atoms with E-state index < -0.39 is 0 Å². The van der Waals surface area contributed by atoms with Gasteiger partial charge in [-0.1, -0.05) is 53.4 Å². The normalized spacial score (nSPS) is 36.9. The Morgan fingerprint density at radius 1 is 1.14 bits per heavy atom. The first-order valence-corrected chi connectivity index (χ1v) is 6.64. The molecule has 0 amide bonds. The molecule has 1 fully saturated rings. The van der Waals surface area contributed by atoms with Gasteiger partial charge in [-0.15, -0.1) is 0 Å². The topological polar surface area (TPSA) is 0 Å². The second-order valence-electron chi connectivity index (χ2n) is 5.69. The predicted molar refractivity (Wildman–Crippen MR) is 64.4 cm³/mol. The van der Waals surface area contributed by atoms with Gasteiger partial charge in [-0.25, -0.2) is 0 Å². The van der Waals surface area contributed by atoms with Gasteiger partial charge in [-0.05, 0) is 36.5 Å². The SMILES string of the molecule is CCCCCC1C(C)CC1(C)CCC. The predicted octanol–water partition coefficient (Wildman–Crippen LogP) is 5.03. The van der Waals surface area contributed by atoms with Crippen LogP contribution in [0.25, 0.3) is 0 Å². The minimum Gasteiger partial charge on any atom is -0.0654 e. The molecule has 3 atom stereocenters. The van der Waals surface area contributed by atoms with Crippen LogP contribution in [0, 0.1) is 17.3 Å². The second-order valence-corrected chi connectivity index (χ2v) is 5.69. The van der Waals surface area contributed by atoms with E-state index in [0.29, 0.717) is 5.41 Å². The average Bonchev–Trinajstić information content (AvgIpc) is 2.12. The number of hydrogen-bond donors (Lipinski definition) is 0. The van der Waals surface area contributed by atoms with Crippen molar-refractivity contribution in [1.82, 2.24) is 0 Å². The van der Waals surface area contributed by atoms with Crippen LogP contribution in [0.5, 0.6) is 0 Å². The fourth-order valence-electron chi connectivity index (χ4n) is 3.66. The van der Waals surface area contributed by atoms with E-state index >= 15 is 0 Å². The molecule has 0 heterocycles. The van der Waals surface area contributed by atoms with Crippen LogP contribution in [0.15, 0.2) is 0 Å². The fraction of sp³-hybridized carbons (Fsp3) is 1.00. The van der Waals surface area contributed by atoms with Crippen LogP contribution in [-0.4, -0.2) is 0 Å². The Morgan fingerprint density at radius 2 is 1.86 bits per heavy atom. The summed E-state index contributed by atoms with van der Waals surface area (Å²) in [6, 6.07) is 0. The van der Waals surface area contributed by atoms with Crippen molar-refractivity contribution in [2.75, 3.05) is 0 Å². The minimum absolute atomic E-state index is 0.710. The minimum atomic E-state index is 0.710. The van der Waals surface area contributed by atoms with Crippen molar-refractivity contribution in [3.8, 4) is 0 Å². The van der Waals surface area contributed by atoms with Crippen molar-refractivity contribution < 1.29 is 0 Å². The summed E-state index contributed by atoms with van der Waals surface area (Å²) in [5.74, 6) is 2.04. The summed E-state index contributed by atoms with van der Waals surface area (Å²) < 4.78 is 0. The maximum atomic E-state index is 2.52. The van der Waals surface area contributed by atoms with Crippen LogP contribution in [0.1, 0.15) is 72.6 Å². The highest BCUT2D eigenvalue weighted by molar-refractivity contribution is 4.96. The van der Waals surface area contributed by atoms with Gasteiger partial charge in [0.25, 0.3) is 0 Å². The van der Waals surface area contributed by atoms with E-state index in [0.717, 1.165) is 11.8 Å². The molecule has 1 rings (SSSR count). The third-order valence-corrected chi connectivity index (χ3v) is 4.31. The third-order valence-electron chi connectivity index (χ3n) is 4.31. The molecular weight excluding hydrogens is 168 g/mol. The summed E-state index contributed by atoms with van der Waals surface area (Å²) in [4.78, 5) is 0. The molecule has 1 saturated carbocycles. The lowest BCUT2D eigenvalue weighted by Gasteiger charge is -2.53. The van der Waals surface area contributed by atoms with Gasteiger partial charge in [0.2, 0.25) is 0 Å². The lowest BCUT2D eigenvalue weighted by molar-refractivity contribution is -0.0321. The highest BCUT2D eigenvalue weighted by Gasteiger charge is 2.46. The maximum absolute atomic E-state index is 2.52. The van der Waals surface area contributed by atoms with Crippen LogP contribution in [-0.2, 0) is 0 Å². The molecule has 0 bridgehead atoms. The lowest BCUT2D eigenvalue weighted by Crippen LogP contribution is -2.44. The third kappa shape index (κ3) is 2.52. The summed E-state index contributed by atoms with van der Waals surface area (Å²) in [5.41, 5.74) is 0.710. The molecule has 0 heteroatoms. The van der Waals surface area contributed by atoms with Crippen molar-refractivity contribution in [3.63, 3.8) is 0 Å². The first kappa shape index (κ1) is 12.1. The molecule has 3 unspecified atom stereocenters. The molecule has 1 aliphatic carbocycles. The van der Waals surface area contributed by atoms with E-state index in [2.05, 4.69) is 27.7 Å². The summed E-state index contributed by atoms with van der Waals surface area (Å²) in [6.07, 6.45) is 10.1. The largest absolute Gasteiger partial charge is 0.0654 e. The Labute approximate surface area is 90.5 Å². The molecule has 84 valence electrons. The molecule has 0 aliphatic heterocycles. The molecule has 0 spiro atoms. The van der Waals surface area contributed by atoms with E-state index in [1.807, 2.05) is 0 Å². The zero-order chi connectivity index (χ0) is 10.6. The lowest BCUT2D eigenvalue weighted by atomic mass is 9.52. The van der Waals surface area contributed by atoms with Gasteiger partial charge in [0.15, 0.2) is 0 Å². The number of unbranched alkanes of at least 4 members (excludes halogenated alkanes) is 2. The van der Waals surface area contributed by atoms with Crippen LogP contribution < -0.4 is 0 Å². The molecule has 0 radical (unpaired) electrons. The van der Waals surface area contributed by atoms with Gasteiger partial charge >= 0.3 is 0 Å². The van der Waals surface area contributed by atoms with Gasteiger partial charge in [-0.3, -0.25) is 0 Å². The van der Waals surface area contributed by atoms with Crippen LogP contribution in [0.2, 0.25) is 0 Å². The van der Waals surface area contributed by atoms with Gasteiger partial charge in [0.05, 0.1) is 0 Å². The van der Waals surface area contributed by atoms with Crippen LogP contribution in [0.4, 0.5) is 0 Å². The van der Waals surface area contributed by atoms with Gasteiger partial charge in [0.1, 0.15) is 0 Å². The smallest absolute Gasteiger partial charge is 0.0292 e. The maximum Gasteiger partial charge on any atom is -0.0292 e. The zero-order valence-corrected chi connectivity index (χ0v) is 10.6. The molecule has 0 N–H and O–H groups in total. The Kier molecular flexibility index (Phi) is 4.47. The van der Waals surface area contributed by atoms with E-state index in [1.54, 1.807) is 0 Å². The molecule has 0 aromatic rings. The van der Waals surface area contributed by atoms with Crippen molar-refractivity contribution in [2.45, 2.75) is 72.6 Å². The van der Waals surface area contributed by atoms with Crippen molar-refractivity contribution in [1.29, 1.82) is 0 Å². The van der Waals surface area contributed by atoms with Gasteiger partial charge < -0.3 is 0 Å². The molecule has 0 aromatic heterocycles. The fourth-order valence-corrected chi connectivity index (χ4v) is 3.66. The standard InChI is InChI=1S/C14H28/c1-5-7-8-9-13-12(3)11-14(13,4)10-6-2/h12-13H,5-11H2,1-4H3. The summed E-state index contributed by atoms with van der Waals surface area (Å²) in [7, 11) is 0. The first-order chi connectivity index (χ1) is 6.64. The van der Waals surface area contributed by atoms with E-state index in [1.165, 1.54) is 44.9 Å². The molecule has 14 heavy (non-hydrogen) atoms. The average molecular weight is 196 g/mol. The summed E-state index contributed by atoms with van der Waals surface area (Å²) >= 11 is 0. The summed E-state index contributed by atoms with van der Waals surface area (Å²) in [5, 5.41) is 0.